The summed E-state index contributed by atoms with van der Waals surface area (Å²) < 4.78 is 6.17. The molecular weight excluding hydrogens is 282 g/mol. The van der Waals surface area contributed by atoms with Crippen LogP contribution in [0.1, 0.15) is 48.6 Å². The van der Waals surface area contributed by atoms with E-state index in [1.54, 1.807) is 0 Å². The van der Waals surface area contributed by atoms with Crippen molar-refractivity contribution in [2.45, 2.75) is 38.3 Å². The lowest BCUT2D eigenvalue weighted by atomic mass is 9.89. The van der Waals surface area contributed by atoms with Crippen molar-refractivity contribution in [3.63, 3.8) is 0 Å². The van der Waals surface area contributed by atoms with E-state index in [2.05, 4.69) is 24.3 Å². The van der Waals surface area contributed by atoms with Crippen molar-refractivity contribution < 1.29 is 4.74 Å². The summed E-state index contributed by atoms with van der Waals surface area (Å²) in [6.07, 6.45) is 3.46. The zero-order chi connectivity index (χ0) is 14.8. The maximum Gasteiger partial charge on any atom is 0.124 e. The summed E-state index contributed by atoms with van der Waals surface area (Å²) in [5.74, 6) is 0.811. The van der Waals surface area contributed by atoms with Crippen LogP contribution in [0.5, 0.6) is 5.75 Å². The molecular formula is C18H20ClNO. The van der Waals surface area contributed by atoms with Gasteiger partial charge in [0.05, 0.1) is 0 Å². The number of hydrogen-bond donors (Lipinski definition) is 1. The van der Waals surface area contributed by atoms with Gasteiger partial charge >= 0.3 is 0 Å². The molecule has 3 heteroatoms. The molecule has 110 valence electrons. The number of hydrogen-bond acceptors (Lipinski definition) is 2. The fourth-order valence-corrected chi connectivity index (χ4v) is 3.29. The normalized spacial score (nSPS) is 18.9. The van der Waals surface area contributed by atoms with Gasteiger partial charge in [0.1, 0.15) is 11.9 Å². The number of benzene rings is 2. The Labute approximate surface area is 130 Å². The van der Waals surface area contributed by atoms with Crippen LogP contribution < -0.4 is 10.5 Å². The van der Waals surface area contributed by atoms with E-state index in [4.69, 9.17) is 22.1 Å². The van der Waals surface area contributed by atoms with Gasteiger partial charge in [0.15, 0.2) is 0 Å². The predicted octanol–water partition coefficient (Wildman–Crippen LogP) is 4.82. The van der Waals surface area contributed by atoms with Gasteiger partial charge in [-0.25, -0.2) is 0 Å². The molecule has 0 aromatic heterocycles. The average Bonchev–Trinajstić information content (AvgIpc) is 2.47. The van der Waals surface area contributed by atoms with Crippen molar-refractivity contribution >= 4 is 11.6 Å². The quantitative estimate of drug-likeness (QED) is 0.882. The molecule has 1 aliphatic carbocycles. The van der Waals surface area contributed by atoms with Crippen LogP contribution in [0.2, 0.25) is 5.02 Å². The van der Waals surface area contributed by atoms with E-state index in [0.29, 0.717) is 5.02 Å². The molecule has 0 aliphatic heterocycles. The second-order valence-corrected chi connectivity index (χ2v) is 6.08. The SMILES string of the molecule is CC(N)c1ccc(OC2CCCc3ccccc32)cc1Cl. The summed E-state index contributed by atoms with van der Waals surface area (Å²) in [5, 5.41) is 0.673. The highest BCUT2D eigenvalue weighted by Gasteiger charge is 2.21. The molecule has 0 bridgehead atoms. The monoisotopic (exact) mass is 301 g/mol. The average molecular weight is 302 g/mol. The second-order valence-electron chi connectivity index (χ2n) is 5.67. The molecule has 2 N–H and O–H groups in total. The van der Waals surface area contributed by atoms with Gasteiger partial charge in [-0.2, -0.15) is 0 Å². The first-order valence-electron chi connectivity index (χ1n) is 7.44. The van der Waals surface area contributed by atoms with E-state index in [0.717, 1.165) is 30.6 Å². The summed E-state index contributed by atoms with van der Waals surface area (Å²) in [5.41, 5.74) is 9.54. The minimum Gasteiger partial charge on any atom is -0.486 e. The van der Waals surface area contributed by atoms with Crippen molar-refractivity contribution in [2.24, 2.45) is 5.73 Å². The standard InChI is InChI=1S/C18H20ClNO/c1-12(20)15-10-9-14(11-17(15)19)21-18-8-4-6-13-5-2-3-7-16(13)18/h2-3,5,7,9-12,18H,4,6,8,20H2,1H3. The van der Waals surface area contributed by atoms with Crippen molar-refractivity contribution in [3.8, 4) is 5.75 Å². The molecule has 3 rings (SSSR count). The molecule has 2 aromatic rings. The van der Waals surface area contributed by atoms with Gasteiger partial charge in [0, 0.05) is 11.1 Å². The number of ether oxygens (including phenoxy) is 1. The summed E-state index contributed by atoms with van der Waals surface area (Å²) in [4.78, 5) is 0. The lowest BCUT2D eigenvalue weighted by Crippen LogP contribution is -2.15. The van der Waals surface area contributed by atoms with Gasteiger partial charge in [0.2, 0.25) is 0 Å². The molecule has 0 saturated carbocycles. The van der Waals surface area contributed by atoms with Crippen LogP contribution in [0.3, 0.4) is 0 Å². The Morgan fingerprint density at radius 1 is 1.24 bits per heavy atom. The van der Waals surface area contributed by atoms with Crippen molar-refractivity contribution in [2.75, 3.05) is 0 Å². The number of rotatable bonds is 3. The number of aryl methyl sites for hydroxylation is 1. The van der Waals surface area contributed by atoms with Crippen molar-refractivity contribution in [1.82, 2.24) is 0 Å². The maximum absolute atomic E-state index is 6.28. The lowest BCUT2D eigenvalue weighted by molar-refractivity contribution is 0.183. The summed E-state index contributed by atoms with van der Waals surface area (Å²) >= 11 is 6.28. The highest BCUT2D eigenvalue weighted by molar-refractivity contribution is 6.31. The second kappa shape index (κ2) is 6.08. The van der Waals surface area contributed by atoms with Crippen LogP contribution in [0.4, 0.5) is 0 Å². The Hall–Kier alpha value is -1.51. The van der Waals surface area contributed by atoms with Crippen LogP contribution in [0.15, 0.2) is 42.5 Å². The Bertz CT molecular complexity index is 639. The van der Waals surface area contributed by atoms with E-state index < -0.39 is 0 Å². The van der Waals surface area contributed by atoms with E-state index in [1.807, 2.05) is 25.1 Å². The van der Waals surface area contributed by atoms with E-state index in [1.165, 1.54) is 11.1 Å². The largest absolute Gasteiger partial charge is 0.486 e. The molecule has 1 aliphatic rings. The van der Waals surface area contributed by atoms with Gasteiger partial charge < -0.3 is 10.5 Å². The first-order chi connectivity index (χ1) is 10.1. The summed E-state index contributed by atoms with van der Waals surface area (Å²) in [7, 11) is 0. The minimum atomic E-state index is -0.0676. The molecule has 0 spiro atoms. The van der Waals surface area contributed by atoms with Crippen LogP contribution >= 0.6 is 11.6 Å². The molecule has 0 fully saturated rings. The predicted molar refractivity (Wildman–Crippen MR) is 86.8 cm³/mol. The molecule has 0 amide bonds. The Morgan fingerprint density at radius 2 is 2.05 bits per heavy atom. The molecule has 21 heavy (non-hydrogen) atoms. The third-order valence-electron chi connectivity index (χ3n) is 4.06. The molecule has 0 heterocycles. The molecule has 2 nitrogen and oxygen atoms in total. The zero-order valence-electron chi connectivity index (χ0n) is 12.2. The fourth-order valence-electron chi connectivity index (χ4n) is 2.95. The van der Waals surface area contributed by atoms with Crippen molar-refractivity contribution in [1.29, 1.82) is 0 Å². The topological polar surface area (TPSA) is 35.2 Å². The third kappa shape index (κ3) is 3.07. The Balaban J connectivity index is 1.83. The Morgan fingerprint density at radius 3 is 2.81 bits per heavy atom. The van der Waals surface area contributed by atoms with Crippen LogP contribution in [-0.4, -0.2) is 0 Å². The van der Waals surface area contributed by atoms with Gasteiger partial charge in [0.25, 0.3) is 0 Å². The first kappa shape index (κ1) is 14.4. The van der Waals surface area contributed by atoms with Crippen LogP contribution in [0, 0.1) is 0 Å². The third-order valence-corrected chi connectivity index (χ3v) is 4.38. The molecule has 2 unspecified atom stereocenters. The molecule has 2 atom stereocenters. The fraction of sp³-hybridized carbons (Fsp3) is 0.333. The number of halogens is 1. The number of nitrogens with two attached hydrogens (primary N) is 1. The van der Waals surface area contributed by atoms with Gasteiger partial charge in [-0.1, -0.05) is 41.9 Å². The van der Waals surface area contributed by atoms with E-state index in [-0.39, 0.29) is 12.1 Å². The van der Waals surface area contributed by atoms with Gasteiger partial charge in [-0.15, -0.1) is 0 Å². The van der Waals surface area contributed by atoms with E-state index >= 15 is 0 Å². The molecule has 0 saturated heterocycles. The van der Waals surface area contributed by atoms with Crippen LogP contribution in [-0.2, 0) is 6.42 Å². The first-order valence-corrected chi connectivity index (χ1v) is 7.82. The molecule has 2 aromatic carbocycles. The Kier molecular flexibility index (Phi) is 4.18. The van der Waals surface area contributed by atoms with Gasteiger partial charge in [-0.05, 0) is 55.0 Å². The highest BCUT2D eigenvalue weighted by atomic mass is 35.5. The van der Waals surface area contributed by atoms with Crippen molar-refractivity contribution in [3.05, 3.63) is 64.2 Å². The van der Waals surface area contributed by atoms with Gasteiger partial charge in [-0.3, -0.25) is 0 Å². The zero-order valence-corrected chi connectivity index (χ0v) is 12.9. The summed E-state index contributed by atoms with van der Waals surface area (Å²) in [6.45, 7) is 1.93. The smallest absolute Gasteiger partial charge is 0.124 e. The minimum absolute atomic E-state index is 0.0676. The maximum atomic E-state index is 6.28. The number of fused-ring (bicyclic) bond motifs is 1. The summed E-state index contributed by atoms with van der Waals surface area (Å²) in [6, 6.07) is 14.2. The molecule has 0 radical (unpaired) electrons. The van der Waals surface area contributed by atoms with Crippen LogP contribution in [0.25, 0.3) is 0 Å². The highest BCUT2D eigenvalue weighted by Crippen LogP contribution is 2.35. The lowest BCUT2D eigenvalue weighted by Gasteiger charge is -2.26. The van der Waals surface area contributed by atoms with E-state index in [9.17, 15) is 0 Å².